The molecule has 2 fully saturated rings. The van der Waals surface area contributed by atoms with Crippen LogP contribution in [0.25, 0.3) is 0 Å². The maximum Gasteiger partial charge on any atom is 0.224 e. The van der Waals surface area contributed by atoms with Gasteiger partial charge in [0.05, 0.1) is 6.33 Å². The van der Waals surface area contributed by atoms with Crippen LogP contribution in [0.15, 0.2) is 73.3 Å². The molecule has 2 aromatic carbocycles. The average molecular weight is 486 g/mol. The minimum Gasteiger partial charge on any atom is -0.371 e. The first kappa shape index (κ1) is 24.6. The molecule has 6 heteroatoms. The second kappa shape index (κ2) is 12.2. The SMILES string of the molecule is O=C(CC1CCCC1)Nc1cccc(N2CCC(N[C@@H](CCn3ccnc3)c3ccccc3)CC2)c1. The molecule has 2 N–H and O–H groups in total. The van der Waals surface area contributed by atoms with E-state index in [-0.39, 0.29) is 5.91 Å². The summed E-state index contributed by atoms with van der Waals surface area (Å²) in [7, 11) is 0. The molecule has 1 aromatic heterocycles. The lowest BCUT2D eigenvalue weighted by atomic mass is 9.98. The van der Waals surface area contributed by atoms with Crippen LogP contribution in [0.3, 0.4) is 0 Å². The van der Waals surface area contributed by atoms with Crippen molar-refractivity contribution in [3.8, 4) is 0 Å². The molecule has 2 heterocycles. The van der Waals surface area contributed by atoms with Crippen LogP contribution in [-0.2, 0) is 11.3 Å². The van der Waals surface area contributed by atoms with Gasteiger partial charge in [0, 0.05) is 61.9 Å². The molecule has 2 aliphatic rings. The van der Waals surface area contributed by atoms with E-state index in [1.54, 1.807) is 0 Å². The van der Waals surface area contributed by atoms with Crippen LogP contribution in [0.5, 0.6) is 0 Å². The summed E-state index contributed by atoms with van der Waals surface area (Å²) in [5.74, 6) is 0.726. The molecule has 36 heavy (non-hydrogen) atoms. The van der Waals surface area contributed by atoms with Gasteiger partial charge in [-0.05, 0) is 61.8 Å². The van der Waals surface area contributed by atoms with Crippen LogP contribution < -0.4 is 15.5 Å². The number of benzene rings is 2. The van der Waals surface area contributed by atoms with Crippen molar-refractivity contribution in [2.75, 3.05) is 23.3 Å². The number of carbonyl (C=O) groups excluding carboxylic acids is 1. The summed E-state index contributed by atoms with van der Waals surface area (Å²) in [6, 6.07) is 20.0. The van der Waals surface area contributed by atoms with Gasteiger partial charge in [-0.1, -0.05) is 49.2 Å². The lowest BCUT2D eigenvalue weighted by Crippen LogP contribution is -2.44. The molecule has 1 amide bonds. The smallest absolute Gasteiger partial charge is 0.224 e. The third-order valence-corrected chi connectivity index (χ3v) is 7.81. The van der Waals surface area contributed by atoms with E-state index in [1.807, 2.05) is 24.8 Å². The van der Waals surface area contributed by atoms with Gasteiger partial charge in [-0.2, -0.15) is 0 Å². The topological polar surface area (TPSA) is 62.2 Å². The Labute approximate surface area is 215 Å². The van der Waals surface area contributed by atoms with Crippen molar-refractivity contribution in [2.45, 2.75) is 70.0 Å². The van der Waals surface area contributed by atoms with Gasteiger partial charge < -0.3 is 20.1 Å². The third-order valence-electron chi connectivity index (χ3n) is 7.81. The van der Waals surface area contributed by atoms with Crippen molar-refractivity contribution >= 4 is 17.3 Å². The fraction of sp³-hybridized carbons (Fsp3) is 0.467. The zero-order chi connectivity index (χ0) is 24.6. The molecular formula is C30H39N5O. The highest BCUT2D eigenvalue weighted by atomic mass is 16.1. The van der Waals surface area contributed by atoms with Gasteiger partial charge in [-0.25, -0.2) is 4.98 Å². The molecule has 5 rings (SSSR count). The van der Waals surface area contributed by atoms with Crippen molar-refractivity contribution < 1.29 is 4.79 Å². The number of anilines is 2. The summed E-state index contributed by atoms with van der Waals surface area (Å²) in [5.41, 5.74) is 3.47. The second-order valence-corrected chi connectivity index (χ2v) is 10.4. The van der Waals surface area contributed by atoms with Crippen molar-refractivity contribution in [1.82, 2.24) is 14.9 Å². The summed E-state index contributed by atoms with van der Waals surface area (Å²) in [6.07, 6.45) is 14.6. The molecule has 190 valence electrons. The number of imidazole rings is 1. The summed E-state index contributed by atoms with van der Waals surface area (Å²) in [5, 5.41) is 7.10. The van der Waals surface area contributed by atoms with Crippen LogP contribution in [-0.4, -0.2) is 34.6 Å². The van der Waals surface area contributed by atoms with Gasteiger partial charge in [0.2, 0.25) is 5.91 Å². The predicted molar refractivity (Wildman–Crippen MR) is 146 cm³/mol. The average Bonchev–Trinajstić information content (AvgIpc) is 3.62. The minimum absolute atomic E-state index is 0.157. The van der Waals surface area contributed by atoms with Gasteiger partial charge in [0.1, 0.15) is 0 Å². The Morgan fingerprint density at radius 2 is 1.81 bits per heavy atom. The molecule has 3 aromatic rings. The normalized spacial score (nSPS) is 17.8. The Balaban J connectivity index is 1.14. The number of nitrogens with one attached hydrogen (secondary N) is 2. The van der Waals surface area contributed by atoms with Crippen molar-refractivity contribution in [1.29, 1.82) is 0 Å². The van der Waals surface area contributed by atoms with E-state index in [9.17, 15) is 4.79 Å². The van der Waals surface area contributed by atoms with Crippen LogP contribution in [0.4, 0.5) is 11.4 Å². The van der Waals surface area contributed by atoms with E-state index in [1.165, 1.54) is 36.9 Å². The molecule has 6 nitrogen and oxygen atoms in total. The number of piperidine rings is 1. The summed E-state index contributed by atoms with van der Waals surface area (Å²) < 4.78 is 2.15. The number of rotatable bonds is 10. The van der Waals surface area contributed by atoms with Gasteiger partial charge in [-0.3, -0.25) is 4.79 Å². The highest BCUT2D eigenvalue weighted by molar-refractivity contribution is 5.91. The monoisotopic (exact) mass is 485 g/mol. The number of carbonyl (C=O) groups is 1. The van der Waals surface area contributed by atoms with E-state index in [4.69, 9.17) is 0 Å². The van der Waals surface area contributed by atoms with Gasteiger partial charge >= 0.3 is 0 Å². The van der Waals surface area contributed by atoms with Gasteiger partial charge in [0.25, 0.3) is 0 Å². The van der Waals surface area contributed by atoms with E-state index >= 15 is 0 Å². The van der Waals surface area contributed by atoms with Crippen molar-refractivity contribution in [3.63, 3.8) is 0 Å². The minimum atomic E-state index is 0.157. The van der Waals surface area contributed by atoms with E-state index in [0.29, 0.717) is 24.4 Å². The fourth-order valence-electron chi connectivity index (χ4n) is 5.79. The van der Waals surface area contributed by atoms with Crippen LogP contribution in [0.1, 0.15) is 63.0 Å². The first-order chi connectivity index (χ1) is 17.7. The molecule has 1 atom stereocenters. The van der Waals surface area contributed by atoms with Crippen LogP contribution in [0.2, 0.25) is 0 Å². The molecule has 0 bridgehead atoms. The molecule has 0 unspecified atom stereocenters. The molecule has 1 saturated heterocycles. The number of aryl methyl sites for hydroxylation is 1. The zero-order valence-corrected chi connectivity index (χ0v) is 21.2. The summed E-state index contributed by atoms with van der Waals surface area (Å²) >= 11 is 0. The quantitative estimate of drug-likeness (QED) is 0.381. The Morgan fingerprint density at radius 3 is 2.56 bits per heavy atom. The Hall–Kier alpha value is -3.12. The molecular weight excluding hydrogens is 446 g/mol. The van der Waals surface area contributed by atoms with Crippen molar-refractivity contribution in [2.24, 2.45) is 5.92 Å². The number of aromatic nitrogens is 2. The Morgan fingerprint density at radius 1 is 1.00 bits per heavy atom. The predicted octanol–water partition coefficient (Wildman–Crippen LogP) is 5.79. The highest BCUT2D eigenvalue weighted by Crippen LogP contribution is 2.29. The number of hydrogen-bond donors (Lipinski definition) is 2. The highest BCUT2D eigenvalue weighted by Gasteiger charge is 2.23. The number of nitrogens with zero attached hydrogens (tertiary/aromatic N) is 3. The molecule has 1 saturated carbocycles. The maximum atomic E-state index is 12.5. The maximum absolute atomic E-state index is 12.5. The van der Waals surface area contributed by atoms with Crippen LogP contribution >= 0.6 is 0 Å². The number of hydrogen-bond acceptors (Lipinski definition) is 4. The fourth-order valence-corrected chi connectivity index (χ4v) is 5.79. The van der Waals surface area contributed by atoms with E-state index in [2.05, 4.69) is 73.6 Å². The summed E-state index contributed by atoms with van der Waals surface area (Å²) in [4.78, 5) is 19.1. The van der Waals surface area contributed by atoms with Gasteiger partial charge in [-0.15, -0.1) is 0 Å². The molecule has 1 aliphatic carbocycles. The molecule has 0 spiro atoms. The summed E-state index contributed by atoms with van der Waals surface area (Å²) in [6.45, 7) is 2.98. The van der Waals surface area contributed by atoms with Crippen molar-refractivity contribution in [3.05, 3.63) is 78.9 Å². The van der Waals surface area contributed by atoms with E-state index < -0.39 is 0 Å². The van der Waals surface area contributed by atoms with Gasteiger partial charge in [0.15, 0.2) is 0 Å². The Bertz CT molecular complexity index is 1070. The number of amides is 1. The van der Waals surface area contributed by atoms with E-state index in [0.717, 1.165) is 44.6 Å². The zero-order valence-electron chi connectivity index (χ0n) is 21.2. The second-order valence-electron chi connectivity index (χ2n) is 10.4. The first-order valence-corrected chi connectivity index (χ1v) is 13.6. The Kier molecular flexibility index (Phi) is 8.34. The lowest BCUT2D eigenvalue weighted by molar-refractivity contribution is -0.117. The first-order valence-electron chi connectivity index (χ1n) is 13.6. The lowest BCUT2D eigenvalue weighted by Gasteiger charge is -2.36. The molecule has 0 radical (unpaired) electrons. The largest absolute Gasteiger partial charge is 0.371 e. The molecule has 1 aliphatic heterocycles. The standard InChI is InChI=1S/C30H39N5O/c36-30(21-24-7-4-5-8-24)33-27-11-6-12-28(22-27)35-18-13-26(14-19-35)32-29(25-9-2-1-3-10-25)15-17-34-20-16-31-23-34/h1-3,6,9-12,16,20,22-24,26,29,32H,4-5,7-8,13-15,17-19,21H2,(H,33,36)/t29-/m0/s1. The van der Waals surface area contributed by atoms with Crippen LogP contribution in [0, 0.1) is 5.92 Å². The third kappa shape index (κ3) is 6.76.